The number of halogens is 1. The molecule has 0 bridgehead atoms. The zero-order valence-corrected chi connectivity index (χ0v) is 21.5. The number of rotatable bonds is 10. The van der Waals surface area contributed by atoms with Crippen molar-refractivity contribution >= 4 is 17.9 Å². The van der Waals surface area contributed by atoms with Crippen LogP contribution >= 0.6 is 0 Å². The molecule has 198 valence electrons. The molecule has 2 fully saturated rings. The lowest BCUT2D eigenvalue weighted by atomic mass is 9.89. The van der Waals surface area contributed by atoms with Gasteiger partial charge in [0.1, 0.15) is 18.5 Å². The number of morpholine rings is 1. The van der Waals surface area contributed by atoms with Gasteiger partial charge in [0, 0.05) is 6.54 Å². The normalized spacial score (nSPS) is 20.2. The summed E-state index contributed by atoms with van der Waals surface area (Å²) in [6, 6.07) is 11.6. The zero-order valence-electron chi connectivity index (χ0n) is 21.5. The summed E-state index contributed by atoms with van der Waals surface area (Å²) in [5.74, 6) is 0.598. The molecule has 2 aromatic rings. The Kier molecular flexibility index (Phi) is 9.04. The second-order valence-electron chi connectivity index (χ2n) is 9.25. The summed E-state index contributed by atoms with van der Waals surface area (Å²) in [4.78, 5) is 27.8. The maximum atomic E-state index is 13.7. The average Bonchev–Trinajstić information content (AvgIpc) is 2.88. The molecule has 1 aliphatic carbocycles. The molecule has 4 rings (SSSR count). The van der Waals surface area contributed by atoms with Crippen LogP contribution < -0.4 is 14.8 Å². The van der Waals surface area contributed by atoms with Gasteiger partial charge in [-0.15, -0.1) is 0 Å². The van der Waals surface area contributed by atoms with E-state index in [1.807, 2.05) is 32.0 Å². The van der Waals surface area contributed by atoms with E-state index < -0.39 is 0 Å². The Bertz CT molecular complexity index is 1140. The van der Waals surface area contributed by atoms with E-state index in [4.69, 9.17) is 14.2 Å². The molecular weight excluding hydrogens is 475 g/mol. The summed E-state index contributed by atoms with van der Waals surface area (Å²) in [7, 11) is 0. The largest absolute Gasteiger partial charge is 0.490 e. The van der Waals surface area contributed by atoms with Crippen LogP contribution in [0.25, 0.3) is 6.08 Å². The highest BCUT2D eigenvalue weighted by Crippen LogP contribution is 2.33. The van der Waals surface area contributed by atoms with Crippen LogP contribution in [-0.4, -0.2) is 55.2 Å². The maximum Gasteiger partial charge on any atom is 0.289 e. The fourth-order valence-electron chi connectivity index (χ4n) is 4.92. The molecular formula is C29H35FN2O5. The highest BCUT2D eigenvalue weighted by Gasteiger charge is 2.42. The van der Waals surface area contributed by atoms with Gasteiger partial charge in [-0.05, 0) is 81.0 Å². The molecule has 1 heterocycles. The molecule has 2 aromatic carbocycles. The molecule has 37 heavy (non-hydrogen) atoms. The van der Waals surface area contributed by atoms with Gasteiger partial charge in [-0.1, -0.05) is 24.6 Å². The minimum Gasteiger partial charge on any atom is -0.490 e. The van der Waals surface area contributed by atoms with Crippen molar-refractivity contribution in [2.45, 2.75) is 58.1 Å². The van der Waals surface area contributed by atoms with Crippen molar-refractivity contribution < 1.29 is 28.2 Å². The van der Waals surface area contributed by atoms with Crippen molar-refractivity contribution in [1.82, 2.24) is 10.2 Å². The topological polar surface area (TPSA) is 77.1 Å². The molecule has 1 saturated heterocycles. The van der Waals surface area contributed by atoms with Crippen molar-refractivity contribution in [3.8, 4) is 11.5 Å². The minimum absolute atomic E-state index is 0.0443. The number of carbonyl (C=O) groups excluding carboxylic acids is 2. The predicted octanol–water partition coefficient (Wildman–Crippen LogP) is 4.49. The fourth-order valence-corrected chi connectivity index (χ4v) is 4.92. The number of hydrogen-bond acceptors (Lipinski definition) is 5. The van der Waals surface area contributed by atoms with Gasteiger partial charge < -0.3 is 24.4 Å². The van der Waals surface area contributed by atoms with E-state index >= 15 is 0 Å². The van der Waals surface area contributed by atoms with Gasteiger partial charge in [0.25, 0.3) is 5.91 Å². The van der Waals surface area contributed by atoms with Crippen LogP contribution in [0.15, 0.2) is 48.2 Å². The fraction of sp³-hybridized carbons (Fsp3) is 0.448. The third kappa shape index (κ3) is 6.81. The van der Waals surface area contributed by atoms with E-state index in [1.165, 1.54) is 12.1 Å². The lowest BCUT2D eigenvalue weighted by molar-refractivity contribution is -0.151. The van der Waals surface area contributed by atoms with Crippen LogP contribution in [-0.2, 0) is 20.7 Å². The average molecular weight is 511 g/mol. The standard InChI is InChI=1S/C29H35FN2O5/c1-3-35-25-13-12-20(17-26(25)36-4-2)14-15-31-28(33)19-32-23-10-5-6-11-24(23)37-27(29(32)34)18-21-8-7-9-22(30)16-21/h7-9,12-13,16-18,23-24H,3-6,10-11,14-15,19H2,1-2H3,(H,31,33)/b27-18+. The van der Waals surface area contributed by atoms with Crippen LogP contribution in [0.3, 0.4) is 0 Å². The quantitative estimate of drug-likeness (QED) is 0.477. The molecule has 7 nitrogen and oxygen atoms in total. The van der Waals surface area contributed by atoms with Gasteiger partial charge in [-0.3, -0.25) is 9.59 Å². The van der Waals surface area contributed by atoms with Crippen LogP contribution in [0, 0.1) is 5.82 Å². The van der Waals surface area contributed by atoms with Gasteiger partial charge in [0.15, 0.2) is 17.3 Å². The van der Waals surface area contributed by atoms with E-state index in [1.54, 1.807) is 23.1 Å². The zero-order chi connectivity index (χ0) is 26.2. The van der Waals surface area contributed by atoms with Gasteiger partial charge >= 0.3 is 0 Å². The number of ether oxygens (including phenoxy) is 3. The molecule has 0 spiro atoms. The van der Waals surface area contributed by atoms with E-state index in [0.29, 0.717) is 43.2 Å². The summed E-state index contributed by atoms with van der Waals surface area (Å²) >= 11 is 0. The SMILES string of the molecule is CCOc1ccc(CCNC(=O)CN2C(=O)/C(=C\c3cccc(F)c3)OC3CCCCC32)cc1OCC. The third-order valence-corrected chi connectivity index (χ3v) is 6.62. The first-order chi connectivity index (χ1) is 18.0. The van der Waals surface area contributed by atoms with E-state index in [2.05, 4.69) is 5.32 Å². The van der Waals surface area contributed by atoms with E-state index in [0.717, 1.165) is 31.2 Å². The van der Waals surface area contributed by atoms with E-state index in [9.17, 15) is 14.0 Å². The van der Waals surface area contributed by atoms with Crippen molar-refractivity contribution in [2.24, 2.45) is 0 Å². The first-order valence-electron chi connectivity index (χ1n) is 13.1. The van der Waals surface area contributed by atoms with Crippen molar-refractivity contribution in [1.29, 1.82) is 0 Å². The second-order valence-corrected chi connectivity index (χ2v) is 9.25. The number of nitrogens with zero attached hydrogens (tertiary/aromatic N) is 1. The molecule has 8 heteroatoms. The van der Waals surface area contributed by atoms with E-state index in [-0.39, 0.29) is 42.1 Å². The monoisotopic (exact) mass is 510 g/mol. The van der Waals surface area contributed by atoms with Gasteiger partial charge in [0.2, 0.25) is 5.91 Å². The van der Waals surface area contributed by atoms with Crippen molar-refractivity contribution in [3.63, 3.8) is 0 Å². The Morgan fingerprint density at radius 2 is 1.89 bits per heavy atom. The van der Waals surface area contributed by atoms with Crippen LogP contribution in [0.4, 0.5) is 4.39 Å². The summed E-state index contributed by atoms with van der Waals surface area (Å²) in [5, 5.41) is 2.94. The molecule has 2 aliphatic rings. The number of nitrogens with one attached hydrogen (secondary N) is 1. The summed E-state index contributed by atoms with van der Waals surface area (Å²) in [5.41, 5.74) is 1.56. The molecule has 1 N–H and O–H groups in total. The Morgan fingerprint density at radius 1 is 1.11 bits per heavy atom. The van der Waals surface area contributed by atoms with Crippen molar-refractivity contribution in [2.75, 3.05) is 26.3 Å². The molecule has 1 aliphatic heterocycles. The van der Waals surface area contributed by atoms with Crippen molar-refractivity contribution in [3.05, 3.63) is 65.2 Å². The Hall–Kier alpha value is -3.55. The second kappa shape index (κ2) is 12.6. The molecule has 0 aromatic heterocycles. The highest BCUT2D eigenvalue weighted by atomic mass is 19.1. The number of carbonyl (C=O) groups is 2. The Balaban J connectivity index is 1.39. The lowest BCUT2D eigenvalue weighted by Crippen LogP contribution is -2.57. The van der Waals surface area contributed by atoms with Crippen LogP contribution in [0.5, 0.6) is 11.5 Å². The Labute approximate surface area is 217 Å². The Morgan fingerprint density at radius 3 is 2.68 bits per heavy atom. The predicted molar refractivity (Wildman–Crippen MR) is 139 cm³/mol. The molecule has 1 saturated carbocycles. The van der Waals surface area contributed by atoms with Crippen LogP contribution in [0.1, 0.15) is 50.7 Å². The van der Waals surface area contributed by atoms with Crippen LogP contribution in [0.2, 0.25) is 0 Å². The number of fused-ring (bicyclic) bond motifs is 1. The molecule has 0 radical (unpaired) electrons. The summed E-state index contributed by atoms with van der Waals surface area (Å²) in [6.07, 6.45) is 5.61. The number of amides is 2. The molecule has 2 atom stereocenters. The maximum absolute atomic E-state index is 13.7. The van der Waals surface area contributed by atoms with Gasteiger partial charge in [0.05, 0.1) is 19.3 Å². The number of benzene rings is 2. The first kappa shape index (κ1) is 26.5. The van der Waals surface area contributed by atoms with Gasteiger partial charge in [-0.25, -0.2) is 4.39 Å². The highest BCUT2D eigenvalue weighted by molar-refractivity contribution is 5.98. The molecule has 2 unspecified atom stereocenters. The summed E-state index contributed by atoms with van der Waals surface area (Å²) < 4.78 is 31.0. The molecule has 2 amide bonds. The summed E-state index contributed by atoms with van der Waals surface area (Å²) in [6.45, 7) is 5.32. The van der Waals surface area contributed by atoms with Gasteiger partial charge in [-0.2, -0.15) is 0 Å². The minimum atomic E-state index is -0.384. The first-order valence-corrected chi connectivity index (χ1v) is 13.1. The smallest absolute Gasteiger partial charge is 0.289 e. The third-order valence-electron chi connectivity index (χ3n) is 6.62. The lowest BCUT2D eigenvalue weighted by Gasteiger charge is -2.44. The number of hydrogen-bond donors (Lipinski definition) is 1.